The Morgan fingerprint density at radius 2 is 1.65 bits per heavy atom. The van der Waals surface area contributed by atoms with Crippen molar-refractivity contribution in [1.29, 1.82) is 0 Å². The zero-order valence-corrected chi connectivity index (χ0v) is 14.9. The first-order valence-electron chi connectivity index (χ1n) is 8.84. The van der Waals surface area contributed by atoms with Gasteiger partial charge in [-0.1, -0.05) is 30.3 Å². The van der Waals surface area contributed by atoms with Gasteiger partial charge < -0.3 is 9.88 Å². The predicted molar refractivity (Wildman–Crippen MR) is 106 cm³/mol. The van der Waals surface area contributed by atoms with Gasteiger partial charge in [0.1, 0.15) is 5.82 Å². The van der Waals surface area contributed by atoms with Gasteiger partial charge in [-0.2, -0.15) is 0 Å². The Balaban J connectivity index is 2.02. The van der Waals surface area contributed by atoms with E-state index < -0.39 is 0 Å². The fourth-order valence-corrected chi connectivity index (χ4v) is 3.40. The number of nitrogens with zero attached hydrogens (tertiary/aromatic N) is 3. The molecule has 0 fully saturated rings. The quantitative estimate of drug-likeness (QED) is 0.544. The summed E-state index contributed by atoms with van der Waals surface area (Å²) >= 11 is 0. The van der Waals surface area contributed by atoms with E-state index in [1.165, 1.54) is 0 Å². The summed E-state index contributed by atoms with van der Waals surface area (Å²) in [4.78, 5) is 26.9. The maximum atomic E-state index is 11.8. The monoisotopic (exact) mass is 344 g/mol. The van der Waals surface area contributed by atoms with Crippen LogP contribution in [-0.2, 0) is 0 Å². The number of rotatable bonds is 5. The van der Waals surface area contributed by atoms with Gasteiger partial charge >= 0.3 is 0 Å². The number of aromatic nitrogens is 3. The van der Waals surface area contributed by atoms with Crippen molar-refractivity contribution < 1.29 is 4.79 Å². The molecule has 0 bridgehead atoms. The van der Waals surface area contributed by atoms with Crippen LogP contribution in [0.1, 0.15) is 24.2 Å². The second-order valence-corrected chi connectivity index (χ2v) is 6.14. The summed E-state index contributed by atoms with van der Waals surface area (Å²) in [6.45, 7) is 5.92. The van der Waals surface area contributed by atoms with E-state index in [2.05, 4.69) is 23.7 Å². The molecule has 0 radical (unpaired) electrons. The lowest BCUT2D eigenvalue weighted by Crippen LogP contribution is -2.23. The van der Waals surface area contributed by atoms with Crippen molar-refractivity contribution in [2.75, 3.05) is 18.0 Å². The van der Waals surface area contributed by atoms with Gasteiger partial charge in [0.2, 0.25) is 0 Å². The number of benzene rings is 2. The van der Waals surface area contributed by atoms with E-state index in [-0.39, 0.29) is 0 Å². The molecule has 1 N–H and O–H groups in total. The highest BCUT2D eigenvalue weighted by atomic mass is 16.1. The molecular formula is C21H20N4O. The number of aromatic amines is 1. The van der Waals surface area contributed by atoms with Crippen LogP contribution in [0, 0.1) is 0 Å². The van der Waals surface area contributed by atoms with Crippen LogP contribution in [0.5, 0.6) is 0 Å². The Morgan fingerprint density at radius 1 is 0.962 bits per heavy atom. The van der Waals surface area contributed by atoms with Crippen LogP contribution in [0.3, 0.4) is 0 Å². The fraction of sp³-hybridized carbons (Fsp3) is 0.190. The minimum absolute atomic E-state index is 0.545. The van der Waals surface area contributed by atoms with E-state index in [1.54, 1.807) is 0 Å². The zero-order valence-electron chi connectivity index (χ0n) is 14.9. The van der Waals surface area contributed by atoms with Crippen molar-refractivity contribution in [1.82, 2.24) is 15.0 Å². The van der Waals surface area contributed by atoms with Crippen LogP contribution in [0.4, 0.5) is 5.82 Å². The second-order valence-electron chi connectivity index (χ2n) is 6.14. The number of hydrogen-bond donors (Lipinski definition) is 1. The second kappa shape index (κ2) is 6.59. The summed E-state index contributed by atoms with van der Waals surface area (Å²) < 4.78 is 0. The Labute approximate surface area is 151 Å². The Morgan fingerprint density at radius 3 is 2.38 bits per heavy atom. The molecule has 0 aliphatic rings. The lowest BCUT2D eigenvalue weighted by molar-refractivity contribution is 0.112. The molecule has 4 aromatic rings. The molecule has 0 spiro atoms. The molecular weight excluding hydrogens is 324 g/mol. The third kappa shape index (κ3) is 2.52. The summed E-state index contributed by atoms with van der Waals surface area (Å²) in [5, 5.41) is 1.90. The number of fused-ring (bicyclic) bond motifs is 2. The molecule has 0 unspecified atom stereocenters. The van der Waals surface area contributed by atoms with Gasteiger partial charge in [0.25, 0.3) is 0 Å². The van der Waals surface area contributed by atoms with Gasteiger partial charge in [0, 0.05) is 29.4 Å². The van der Waals surface area contributed by atoms with E-state index in [0.717, 1.165) is 47.0 Å². The molecule has 0 aliphatic carbocycles. The third-order valence-electron chi connectivity index (χ3n) is 4.73. The van der Waals surface area contributed by atoms with E-state index >= 15 is 0 Å². The first-order valence-corrected chi connectivity index (χ1v) is 8.84. The number of anilines is 1. The van der Waals surface area contributed by atoms with Crippen molar-refractivity contribution in [3.8, 4) is 11.5 Å². The number of para-hydroxylation sites is 2. The summed E-state index contributed by atoms with van der Waals surface area (Å²) in [5.74, 6) is 1.44. The van der Waals surface area contributed by atoms with Gasteiger partial charge in [-0.3, -0.25) is 4.79 Å². The Kier molecular flexibility index (Phi) is 4.13. The molecule has 0 saturated carbocycles. The highest BCUT2D eigenvalue weighted by Crippen LogP contribution is 2.31. The van der Waals surface area contributed by atoms with Crippen molar-refractivity contribution in [3.63, 3.8) is 0 Å². The zero-order chi connectivity index (χ0) is 18.1. The van der Waals surface area contributed by atoms with Gasteiger partial charge in [-0.15, -0.1) is 0 Å². The van der Waals surface area contributed by atoms with E-state index in [0.29, 0.717) is 17.1 Å². The van der Waals surface area contributed by atoms with Crippen LogP contribution in [0.25, 0.3) is 33.3 Å². The molecule has 26 heavy (non-hydrogen) atoms. The van der Waals surface area contributed by atoms with E-state index in [9.17, 15) is 4.79 Å². The normalized spacial score (nSPS) is 11.2. The highest BCUT2D eigenvalue weighted by molar-refractivity contribution is 6.04. The van der Waals surface area contributed by atoms with Crippen LogP contribution in [0.2, 0.25) is 0 Å². The first kappa shape index (κ1) is 16.3. The summed E-state index contributed by atoms with van der Waals surface area (Å²) in [6, 6.07) is 15.8. The standard InChI is InChI=1S/C21H20N4O/c1-3-25(4-2)21-15-10-6-8-12-18(15)23-20(24-21)19-16(13-26)14-9-5-7-11-17(14)22-19/h5-13,22H,3-4H2,1-2H3. The molecule has 4 rings (SSSR count). The molecule has 5 heteroatoms. The van der Waals surface area contributed by atoms with Crippen LogP contribution in [-0.4, -0.2) is 34.3 Å². The van der Waals surface area contributed by atoms with Crippen LogP contribution in [0.15, 0.2) is 48.5 Å². The summed E-state index contributed by atoms with van der Waals surface area (Å²) in [5.41, 5.74) is 3.04. The molecule has 0 saturated heterocycles. The average molecular weight is 344 g/mol. The maximum Gasteiger partial charge on any atom is 0.179 e. The number of carbonyl (C=O) groups excluding carboxylic acids is 1. The summed E-state index contributed by atoms with van der Waals surface area (Å²) in [7, 11) is 0. The number of H-pyrrole nitrogens is 1. The van der Waals surface area contributed by atoms with Crippen molar-refractivity contribution in [2.45, 2.75) is 13.8 Å². The Bertz CT molecular complexity index is 1100. The SMILES string of the molecule is CCN(CC)c1nc(-c2[nH]c3ccccc3c2C=O)nc2ccccc12. The van der Waals surface area contributed by atoms with E-state index in [4.69, 9.17) is 9.97 Å². The predicted octanol–water partition coefficient (Wildman–Crippen LogP) is 4.44. The van der Waals surface area contributed by atoms with Crippen molar-refractivity contribution >= 4 is 33.9 Å². The van der Waals surface area contributed by atoms with Gasteiger partial charge in [0.05, 0.1) is 16.8 Å². The molecule has 2 aromatic carbocycles. The fourth-order valence-electron chi connectivity index (χ4n) is 3.40. The molecule has 2 heterocycles. The number of nitrogens with one attached hydrogen (secondary N) is 1. The third-order valence-corrected chi connectivity index (χ3v) is 4.73. The highest BCUT2D eigenvalue weighted by Gasteiger charge is 2.18. The van der Waals surface area contributed by atoms with Gasteiger partial charge in [-0.25, -0.2) is 9.97 Å². The summed E-state index contributed by atoms with van der Waals surface area (Å²) in [6.07, 6.45) is 0.879. The largest absolute Gasteiger partial charge is 0.357 e. The smallest absolute Gasteiger partial charge is 0.179 e. The molecule has 130 valence electrons. The van der Waals surface area contributed by atoms with Crippen LogP contribution < -0.4 is 4.90 Å². The van der Waals surface area contributed by atoms with Crippen LogP contribution >= 0.6 is 0 Å². The lowest BCUT2D eigenvalue weighted by atomic mass is 10.1. The van der Waals surface area contributed by atoms with E-state index in [1.807, 2.05) is 48.5 Å². The molecule has 0 aliphatic heterocycles. The average Bonchev–Trinajstić information content (AvgIpc) is 3.07. The molecule has 0 atom stereocenters. The number of aldehydes is 1. The number of hydrogen-bond acceptors (Lipinski definition) is 4. The number of carbonyl (C=O) groups is 1. The lowest BCUT2D eigenvalue weighted by Gasteiger charge is -2.22. The molecule has 5 nitrogen and oxygen atoms in total. The Hall–Kier alpha value is -3.21. The first-order chi connectivity index (χ1) is 12.8. The van der Waals surface area contributed by atoms with Crippen molar-refractivity contribution in [2.24, 2.45) is 0 Å². The van der Waals surface area contributed by atoms with Gasteiger partial charge in [-0.05, 0) is 32.0 Å². The minimum Gasteiger partial charge on any atom is -0.357 e. The molecule has 2 aromatic heterocycles. The van der Waals surface area contributed by atoms with Gasteiger partial charge in [0.15, 0.2) is 12.1 Å². The topological polar surface area (TPSA) is 61.9 Å². The minimum atomic E-state index is 0.545. The molecule has 0 amide bonds. The maximum absolute atomic E-state index is 11.8. The van der Waals surface area contributed by atoms with Crippen molar-refractivity contribution in [3.05, 3.63) is 54.1 Å².